The van der Waals surface area contributed by atoms with Gasteiger partial charge in [0.1, 0.15) is 18.7 Å². The van der Waals surface area contributed by atoms with Crippen molar-refractivity contribution in [2.24, 2.45) is 11.3 Å². The third kappa shape index (κ3) is 3.54. The predicted molar refractivity (Wildman–Crippen MR) is 71.8 cm³/mol. The van der Waals surface area contributed by atoms with Gasteiger partial charge in [-0.2, -0.15) is 0 Å². The number of rotatable bonds is 5. The van der Waals surface area contributed by atoms with E-state index in [1.165, 1.54) is 11.0 Å². The van der Waals surface area contributed by atoms with Crippen LogP contribution < -0.4 is 11.3 Å². The van der Waals surface area contributed by atoms with Crippen LogP contribution in [0.2, 0.25) is 0 Å². The van der Waals surface area contributed by atoms with Crippen molar-refractivity contribution in [3.8, 4) is 0 Å². The summed E-state index contributed by atoms with van der Waals surface area (Å²) in [7, 11) is 0. The maximum atomic E-state index is 12.3. The number of hydrogen-bond acceptors (Lipinski definition) is 5. The van der Waals surface area contributed by atoms with Crippen molar-refractivity contribution in [3.63, 3.8) is 0 Å². The molecular formula is C13H23N3O3. The van der Waals surface area contributed by atoms with Gasteiger partial charge in [-0.05, 0) is 11.8 Å². The molecule has 1 aliphatic rings. The Morgan fingerprint density at radius 3 is 2.58 bits per heavy atom. The predicted octanol–water partition coefficient (Wildman–Crippen LogP) is 0.195. The minimum atomic E-state index is -0.525. The number of carbonyl (C=O) groups is 2. The first kappa shape index (κ1) is 15.7. The van der Waals surface area contributed by atoms with Gasteiger partial charge in [0, 0.05) is 6.54 Å². The van der Waals surface area contributed by atoms with Crippen LogP contribution in [-0.4, -0.2) is 42.0 Å². The molecule has 1 heterocycles. The maximum absolute atomic E-state index is 12.3. The van der Waals surface area contributed by atoms with Crippen LogP contribution in [0.4, 0.5) is 0 Å². The Bertz CT molecular complexity index is 363. The molecule has 0 saturated carbocycles. The van der Waals surface area contributed by atoms with Crippen LogP contribution >= 0.6 is 0 Å². The lowest BCUT2D eigenvalue weighted by Crippen LogP contribution is -2.63. The number of esters is 1. The Balaban J connectivity index is 2.67. The van der Waals surface area contributed by atoms with Crippen molar-refractivity contribution >= 4 is 11.9 Å². The molecule has 3 N–H and O–H groups in total. The van der Waals surface area contributed by atoms with Gasteiger partial charge in [0.2, 0.25) is 5.91 Å². The van der Waals surface area contributed by atoms with E-state index in [0.29, 0.717) is 13.0 Å². The van der Waals surface area contributed by atoms with Gasteiger partial charge in [-0.25, -0.2) is 10.2 Å². The Morgan fingerprint density at radius 1 is 1.58 bits per heavy atom. The standard InChI is InChI=1S/C13H23N3O3/c1-5-8-19-12(18)9-6-7-16(9)11(17)10(15-14)13(2,3)4/h5,9-10,15H,1,6-8,14H2,2-4H3. The number of ether oxygens (including phenoxy) is 1. The zero-order valence-corrected chi connectivity index (χ0v) is 11.8. The molecule has 1 rings (SSSR count). The summed E-state index contributed by atoms with van der Waals surface area (Å²) in [5.41, 5.74) is 2.21. The van der Waals surface area contributed by atoms with Gasteiger partial charge in [0.05, 0.1) is 0 Å². The van der Waals surface area contributed by atoms with Crippen LogP contribution in [0.1, 0.15) is 27.2 Å². The van der Waals surface area contributed by atoms with Crippen LogP contribution in [0.3, 0.4) is 0 Å². The summed E-state index contributed by atoms with van der Waals surface area (Å²) in [4.78, 5) is 25.6. The number of amides is 1. The SMILES string of the molecule is C=CCOC(=O)C1CCN1C(=O)C(NN)C(C)(C)C. The number of hydrazine groups is 1. The fourth-order valence-corrected chi connectivity index (χ4v) is 1.99. The molecule has 0 aliphatic carbocycles. The van der Waals surface area contributed by atoms with E-state index in [0.717, 1.165) is 0 Å². The van der Waals surface area contributed by atoms with E-state index in [2.05, 4.69) is 12.0 Å². The van der Waals surface area contributed by atoms with Crippen molar-refractivity contribution < 1.29 is 14.3 Å². The smallest absolute Gasteiger partial charge is 0.329 e. The molecule has 2 unspecified atom stereocenters. The lowest BCUT2D eigenvalue weighted by atomic mass is 9.85. The molecular weight excluding hydrogens is 246 g/mol. The first-order valence-corrected chi connectivity index (χ1v) is 6.37. The highest BCUT2D eigenvalue weighted by Crippen LogP contribution is 2.26. The van der Waals surface area contributed by atoms with Crippen LogP contribution in [0.15, 0.2) is 12.7 Å². The largest absolute Gasteiger partial charge is 0.460 e. The average molecular weight is 269 g/mol. The van der Waals surface area contributed by atoms with E-state index in [9.17, 15) is 9.59 Å². The first-order valence-electron chi connectivity index (χ1n) is 6.37. The zero-order valence-electron chi connectivity index (χ0n) is 11.8. The number of nitrogens with one attached hydrogen (secondary N) is 1. The molecule has 1 amide bonds. The molecule has 6 nitrogen and oxygen atoms in total. The normalized spacial score (nSPS) is 20.4. The van der Waals surface area contributed by atoms with Crippen molar-refractivity contribution in [1.29, 1.82) is 0 Å². The molecule has 1 aliphatic heterocycles. The quantitative estimate of drug-likeness (QED) is 0.322. The molecule has 0 aromatic carbocycles. The Hall–Kier alpha value is -1.40. The van der Waals surface area contributed by atoms with Gasteiger partial charge in [0.15, 0.2) is 0 Å². The third-order valence-electron chi connectivity index (χ3n) is 3.20. The summed E-state index contributed by atoms with van der Waals surface area (Å²) < 4.78 is 4.97. The molecule has 1 saturated heterocycles. The average Bonchev–Trinajstić information content (AvgIpc) is 2.23. The molecule has 0 aromatic rings. The number of hydrogen-bond donors (Lipinski definition) is 2. The zero-order chi connectivity index (χ0) is 14.6. The number of nitrogens with zero attached hydrogens (tertiary/aromatic N) is 1. The van der Waals surface area contributed by atoms with Gasteiger partial charge < -0.3 is 9.64 Å². The van der Waals surface area contributed by atoms with Crippen LogP contribution in [0.5, 0.6) is 0 Å². The summed E-state index contributed by atoms with van der Waals surface area (Å²) in [6.07, 6.45) is 2.13. The highest BCUT2D eigenvalue weighted by atomic mass is 16.5. The highest BCUT2D eigenvalue weighted by molar-refractivity contribution is 5.89. The molecule has 1 fully saturated rings. The van der Waals surface area contributed by atoms with E-state index >= 15 is 0 Å². The maximum Gasteiger partial charge on any atom is 0.329 e. The van der Waals surface area contributed by atoms with E-state index in [4.69, 9.17) is 10.6 Å². The van der Waals surface area contributed by atoms with Gasteiger partial charge in [-0.1, -0.05) is 33.4 Å². The van der Waals surface area contributed by atoms with Crippen molar-refractivity contribution in [3.05, 3.63) is 12.7 Å². The second-order valence-electron chi connectivity index (χ2n) is 5.72. The minimum absolute atomic E-state index is 0.162. The molecule has 2 atom stereocenters. The lowest BCUT2D eigenvalue weighted by Gasteiger charge is -2.43. The van der Waals surface area contributed by atoms with E-state index < -0.39 is 12.1 Å². The number of likely N-dealkylation sites (tertiary alicyclic amines) is 1. The van der Waals surface area contributed by atoms with E-state index in [1.54, 1.807) is 0 Å². The van der Waals surface area contributed by atoms with Gasteiger partial charge >= 0.3 is 5.97 Å². The Labute approximate surface area is 113 Å². The van der Waals surface area contributed by atoms with Gasteiger partial charge in [-0.15, -0.1) is 0 Å². The second-order valence-corrected chi connectivity index (χ2v) is 5.72. The summed E-state index contributed by atoms with van der Waals surface area (Å²) in [5, 5.41) is 0. The lowest BCUT2D eigenvalue weighted by molar-refractivity contribution is -0.163. The Kier molecular flexibility index (Phi) is 5.08. The molecule has 0 radical (unpaired) electrons. The van der Waals surface area contributed by atoms with Gasteiger partial charge in [0.25, 0.3) is 0 Å². The fourth-order valence-electron chi connectivity index (χ4n) is 1.99. The molecule has 0 aromatic heterocycles. The summed E-state index contributed by atoms with van der Waals surface area (Å²) >= 11 is 0. The van der Waals surface area contributed by atoms with E-state index in [1.807, 2.05) is 20.8 Å². The van der Waals surface area contributed by atoms with Crippen LogP contribution in [-0.2, 0) is 14.3 Å². The van der Waals surface area contributed by atoms with Crippen LogP contribution in [0, 0.1) is 5.41 Å². The fraction of sp³-hybridized carbons (Fsp3) is 0.692. The topological polar surface area (TPSA) is 84.7 Å². The van der Waals surface area contributed by atoms with E-state index in [-0.39, 0.29) is 23.9 Å². The molecule has 0 bridgehead atoms. The Morgan fingerprint density at radius 2 is 2.21 bits per heavy atom. The number of nitrogens with two attached hydrogens (primary N) is 1. The first-order chi connectivity index (χ1) is 8.82. The minimum Gasteiger partial charge on any atom is -0.460 e. The van der Waals surface area contributed by atoms with Gasteiger partial charge in [-0.3, -0.25) is 10.6 Å². The summed E-state index contributed by atoms with van der Waals surface area (Å²) in [6.45, 7) is 9.95. The third-order valence-corrected chi connectivity index (χ3v) is 3.20. The van der Waals surface area contributed by atoms with Crippen molar-refractivity contribution in [2.75, 3.05) is 13.2 Å². The van der Waals surface area contributed by atoms with Crippen LogP contribution in [0.25, 0.3) is 0 Å². The van der Waals surface area contributed by atoms with Crippen molar-refractivity contribution in [2.45, 2.75) is 39.3 Å². The molecule has 0 spiro atoms. The summed E-state index contributed by atoms with van der Waals surface area (Å²) in [5.74, 6) is 4.90. The molecule has 6 heteroatoms. The number of carbonyl (C=O) groups excluding carboxylic acids is 2. The highest BCUT2D eigenvalue weighted by Gasteiger charge is 2.43. The second kappa shape index (κ2) is 6.16. The molecule has 19 heavy (non-hydrogen) atoms. The summed E-state index contributed by atoms with van der Waals surface area (Å²) in [6, 6.07) is -1.02. The van der Waals surface area contributed by atoms with Crippen molar-refractivity contribution in [1.82, 2.24) is 10.3 Å². The molecule has 108 valence electrons. The monoisotopic (exact) mass is 269 g/mol.